The fourth-order valence-electron chi connectivity index (χ4n) is 2.07. The van der Waals surface area contributed by atoms with Gasteiger partial charge in [0.15, 0.2) is 11.5 Å². The fourth-order valence-corrected chi connectivity index (χ4v) is 2.07. The number of benzene rings is 1. The van der Waals surface area contributed by atoms with Crippen LogP contribution >= 0.6 is 0 Å². The minimum atomic E-state index is -0.160. The van der Waals surface area contributed by atoms with Gasteiger partial charge in [-0.05, 0) is 18.2 Å². The summed E-state index contributed by atoms with van der Waals surface area (Å²) in [6, 6.07) is 5.15. The molecule has 0 atom stereocenters. The van der Waals surface area contributed by atoms with E-state index in [-0.39, 0.29) is 5.91 Å². The highest BCUT2D eigenvalue weighted by molar-refractivity contribution is 5.94. The first-order chi connectivity index (χ1) is 10.2. The number of fused-ring (bicyclic) bond motifs is 1. The topological polar surface area (TPSA) is 91.4 Å². The van der Waals surface area contributed by atoms with Gasteiger partial charge < -0.3 is 20.5 Å². The number of nitrogen functional groups attached to an aromatic ring is 1. The first kappa shape index (κ1) is 13.3. The van der Waals surface area contributed by atoms with Gasteiger partial charge in [-0.2, -0.15) is 5.10 Å². The molecule has 1 aliphatic rings. The van der Waals surface area contributed by atoms with Gasteiger partial charge in [0.05, 0.1) is 18.4 Å². The molecular weight excluding hydrogens is 272 g/mol. The highest BCUT2D eigenvalue weighted by Gasteiger charge is 2.14. The zero-order valence-electron chi connectivity index (χ0n) is 11.4. The molecule has 0 fully saturated rings. The highest BCUT2D eigenvalue weighted by atomic mass is 16.6. The van der Waals surface area contributed by atoms with Crippen molar-refractivity contribution in [1.29, 1.82) is 0 Å². The number of carbonyl (C=O) groups excluding carboxylic acids is 1. The van der Waals surface area contributed by atoms with E-state index in [1.807, 2.05) is 0 Å². The molecule has 0 bridgehead atoms. The summed E-state index contributed by atoms with van der Waals surface area (Å²) >= 11 is 0. The van der Waals surface area contributed by atoms with E-state index in [0.29, 0.717) is 49.1 Å². The van der Waals surface area contributed by atoms with Crippen LogP contribution in [0.3, 0.4) is 0 Å². The van der Waals surface area contributed by atoms with Gasteiger partial charge in [0, 0.05) is 18.3 Å². The number of ether oxygens (including phenoxy) is 2. The monoisotopic (exact) mass is 288 g/mol. The molecule has 1 aromatic heterocycles. The van der Waals surface area contributed by atoms with E-state index in [0.717, 1.165) is 0 Å². The van der Waals surface area contributed by atoms with E-state index in [4.69, 9.17) is 15.2 Å². The summed E-state index contributed by atoms with van der Waals surface area (Å²) in [4.78, 5) is 12.1. The van der Waals surface area contributed by atoms with Crippen molar-refractivity contribution in [1.82, 2.24) is 15.1 Å². The Balaban J connectivity index is 1.57. The number of nitrogens with two attached hydrogens (primary N) is 1. The Bertz CT molecular complexity index is 653. The van der Waals surface area contributed by atoms with Gasteiger partial charge >= 0.3 is 0 Å². The molecule has 1 aliphatic heterocycles. The summed E-state index contributed by atoms with van der Waals surface area (Å²) < 4.78 is 12.6. The molecule has 21 heavy (non-hydrogen) atoms. The van der Waals surface area contributed by atoms with Crippen LogP contribution in [-0.4, -0.2) is 35.4 Å². The third-order valence-corrected chi connectivity index (χ3v) is 3.08. The van der Waals surface area contributed by atoms with Crippen molar-refractivity contribution in [3.8, 4) is 11.5 Å². The zero-order chi connectivity index (χ0) is 14.7. The first-order valence-corrected chi connectivity index (χ1v) is 6.68. The van der Waals surface area contributed by atoms with Crippen LogP contribution in [0.25, 0.3) is 0 Å². The molecule has 3 N–H and O–H groups in total. The number of hydrogen-bond donors (Lipinski definition) is 2. The van der Waals surface area contributed by atoms with E-state index < -0.39 is 0 Å². The predicted octanol–water partition coefficient (Wildman–Crippen LogP) is 0.666. The van der Waals surface area contributed by atoms with Gasteiger partial charge in [-0.15, -0.1) is 0 Å². The van der Waals surface area contributed by atoms with Crippen LogP contribution in [0, 0.1) is 0 Å². The number of aromatic nitrogens is 2. The Labute approximate surface area is 121 Å². The second kappa shape index (κ2) is 5.74. The average molecular weight is 288 g/mol. The van der Waals surface area contributed by atoms with Gasteiger partial charge in [-0.3, -0.25) is 9.48 Å². The minimum Gasteiger partial charge on any atom is -0.486 e. The molecule has 7 heteroatoms. The Kier molecular flexibility index (Phi) is 3.63. The largest absolute Gasteiger partial charge is 0.486 e. The predicted molar refractivity (Wildman–Crippen MR) is 76.4 cm³/mol. The molecule has 0 saturated carbocycles. The van der Waals surface area contributed by atoms with Gasteiger partial charge in [0.2, 0.25) is 0 Å². The molecule has 7 nitrogen and oxygen atoms in total. The van der Waals surface area contributed by atoms with Crippen LogP contribution in [0.2, 0.25) is 0 Å². The summed E-state index contributed by atoms with van der Waals surface area (Å²) in [6.45, 7) is 2.06. The minimum absolute atomic E-state index is 0.160. The van der Waals surface area contributed by atoms with Crippen LogP contribution in [0.15, 0.2) is 30.6 Å². The van der Waals surface area contributed by atoms with Crippen LogP contribution in [0.5, 0.6) is 11.5 Å². The number of nitrogens with one attached hydrogen (secondary N) is 1. The first-order valence-electron chi connectivity index (χ1n) is 6.68. The maximum atomic E-state index is 12.1. The van der Waals surface area contributed by atoms with Crippen molar-refractivity contribution < 1.29 is 14.3 Å². The van der Waals surface area contributed by atoms with Gasteiger partial charge in [-0.25, -0.2) is 0 Å². The Morgan fingerprint density at radius 3 is 2.90 bits per heavy atom. The normalized spacial score (nSPS) is 13.0. The summed E-state index contributed by atoms with van der Waals surface area (Å²) in [7, 11) is 0. The van der Waals surface area contributed by atoms with E-state index in [2.05, 4.69) is 10.4 Å². The summed E-state index contributed by atoms with van der Waals surface area (Å²) in [5, 5.41) is 6.87. The SMILES string of the molecule is Nc1cnn(CCNC(=O)c2ccc3c(c2)OCCO3)c1. The number of amides is 1. The lowest BCUT2D eigenvalue weighted by molar-refractivity contribution is 0.0950. The number of rotatable bonds is 4. The maximum absolute atomic E-state index is 12.1. The highest BCUT2D eigenvalue weighted by Crippen LogP contribution is 2.30. The Morgan fingerprint density at radius 1 is 1.33 bits per heavy atom. The lowest BCUT2D eigenvalue weighted by Gasteiger charge is -2.18. The quantitative estimate of drug-likeness (QED) is 0.862. The van der Waals surface area contributed by atoms with Crippen molar-refractivity contribution >= 4 is 11.6 Å². The smallest absolute Gasteiger partial charge is 0.251 e. The van der Waals surface area contributed by atoms with Crippen molar-refractivity contribution in [2.75, 3.05) is 25.5 Å². The Morgan fingerprint density at radius 2 is 2.14 bits per heavy atom. The standard InChI is InChI=1S/C14H16N4O3/c15-11-8-17-18(9-11)4-3-16-14(19)10-1-2-12-13(7-10)21-6-5-20-12/h1-2,7-9H,3-6,15H2,(H,16,19). The second-order valence-electron chi connectivity index (χ2n) is 4.65. The van der Waals surface area contributed by atoms with Gasteiger partial charge in [0.25, 0.3) is 5.91 Å². The van der Waals surface area contributed by atoms with Crippen molar-refractivity contribution in [2.45, 2.75) is 6.54 Å². The molecule has 3 rings (SSSR count). The molecule has 0 aliphatic carbocycles. The average Bonchev–Trinajstić information content (AvgIpc) is 2.92. The van der Waals surface area contributed by atoms with E-state index in [9.17, 15) is 4.79 Å². The Hall–Kier alpha value is -2.70. The molecule has 110 valence electrons. The number of anilines is 1. The van der Waals surface area contributed by atoms with E-state index in [1.54, 1.807) is 35.3 Å². The molecule has 2 aromatic rings. The third kappa shape index (κ3) is 3.07. The molecule has 2 heterocycles. The summed E-state index contributed by atoms with van der Waals surface area (Å²) in [6.07, 6.45) is 3.29. The van der Waals surface area contributed by atoms with E-state index >= 15 is 0 Å². The van der Waals surface area contributed by atoms with E-state index in [1.165, 1.54) is 0 Å². The fraction of sp³-hybridized carbons (Fsp3) is 0.286. The molecule has 0 spiro atoms. The van der Waals surface area contributed by atoms with Crippen molar-refractivity contribution in [3.05, 3.63) is 36.2 Å². The summed E-state index contributed by atoms with van der Waals surface area (Å²) in [5.41, 5.74) is 6.72. The maximum Gasteiger partial charge on any atom is 0.251 e. The third-order valence-electron chi connectivity index (χ3n) is 3.08. The van der Waals surface area contributed by atoms with Crippen LogP contribution in [-0.2, 0) is 6.54 Å². The lowest BCUT2D eigenvalue weighted by Crippen LogP contribution is -2.27. The second-order valence-corrected chi connectivity index (χ2v) is 4.65. The van der Waals surface area contributed by atoms with Crippen molar-refractivity contribution in [3.63, 3.8) is 0 Å². The molecule has 1 amide bonds. The summed E-state index contributed by atoms with van der Waals surface area (Å²) in [5.74, 6) is 1.12. The number of hydrogen-bond acceptors (Lipinski definition) is 5. The van der Waals surface area contributed by atoms with Gasteiger partial charge in [0.1, 0.15) is 13.2 Å². The van der Waals surface area contributed by atoms with Crippen LogP contribution in [0.4, 0.5) is 5.69 Å². The molecular formula is C14H16N4O3. The number of carbonyl (C=O) groups is 1. The van der Waals surface area contributed by atoms with Crippen molar-refractivity contribution in [2.24, 2.45) is 0 Å². The zero-order valence-corrected chi connectivity index (χ0v) is 11.4. The molecule has 0 saturated heterocycles. The molecule has 1 aromatic carbocycles. The number of nitrogens with zero attached hydrogens (tertiary/aromatic N) is 2. The van der Waals surface area contributed by atoms with Crippen LogP contribution < -0.4 is 20.5 Å². The van der Waals surface area contributed by atoms with Gasteiger partial charge in [-0.1, -0.05) is 0 Å². The van der Waals surface area contributed by atoms with Crippen LogP contribution in [0.1, 0.15) is 10.4 Å². The molecule has 0 unspecified atom stereocenters. The lowest BCUT2D eigenvalue weighted by atomic mass is 10.2. The molecule has 0 radical (unpaired) electrons.